The van der Waals surface area contributed by atoms with Crippen LogP contribution in [0.4, 0.5) is 4.39 Å². The Balaban J connectivity index is 2.40. The van der Waals surface area contributed by atoms with E-state index in [9.17, 15) is 4.39 Å². The van der Waals surface area contributed by atoms with Crippen molar-refractivity contribution in [2.75, 3.05) is 7.05 Å². The maximum absolute atomic E-state index is 13.2. The van der Waals surface area contributed by atoms with Gasteiger partial charge in [-0.25, -0.2) is 0 Å². The molecule has 0 spiro atoms. The van der Waals surface area contributed by atoms with Crippen LogP contribution >= 0.6 is 0 Å². The molecule has 0 aromatic carbocycles. The number of hydrogen-bond acceptors (Lipinski definition) is 3. The zero-order valence-electron chi connectivity index (χ0n) is 8.37. The second-order valence-corrected chi connectivity index (χ2v) is 3.29. The maximum Gasteiger partial charge on any atom is 0.188 e. The van der Waals surface area contributed by atoms with Crippen LogP contribution in [0.3, 0.4) is 0 Å². The van der Waals surface area contributed by atoms with Gasteiger partial charge >= 0.3 is 0 Å². The quantitative estimate of drug-likeness (QED) is 0.717. The van der Waals surface area contributed by atoms with Crippen LogP contribution in [0.2, 0.25) is 0 Å². The van der Waals surface area contributed by atoms with Crippen LogP contribution in [-0.2, 0) is 5.66 Å². The molecular formula is C11H12FN3. The Morgan fingerprint density at radius 3 is 2.73 bits per heavy atom. The average molecular weight is 205 g/mol. The molecule has 0 fully saturated rings. The molecule has 0 saturated heterocycles. The third-order valence-corrected chi connectivity index (χ3v) is 2.44. The zero-order valence-corrected chi connectivity index (χ0v) is 8.37. The van der Waals surface area contributed by atoms with Gasteiger partial charge in [0.15, 0.2) is 5.95 Å². The van der Waals surface area contributed by atoms with Gasteiger partial charge in [-0.3, -0.25) is 10.3 Å². The van der Waals surface area contributed by atoms with E-state index in [1.165, 1.54) is 6.08 Å². The minimum absolute atomic E-state index is 0.358. The molecule has 4 heteroatoms. The van der Waals surface area contributed by atoms with Crippen molar-refractivity contribution < 1.29 is 4.39 Å². The molecule has 3 nitrogen and oxygen atoms in total. The molecule has 2 rings (SSSR count). The van der Waals surface area contributed by atoms with E-state index in [1.54, 1.807) is 25.5 Å². The molecular weight excluding hydrogens is 193 g/mol. The highest BCUT2D eigenvalue weighted by Gasteiger charge is 2.29. The van der Waals surface area contributed by atoms with Crippen molar-refractivity contribution >= 4 is 0 Å². The van der Waals surface area contributed by atoms with Gasteiger partial charge in [0.05, 0.1) is 0 Å². The molecule has 0 radical (unpaired) electrons. The van der Waals surface area contributed by atoms with E-state index in [4.69, 9.17) is 0 Å². The summed E-state index contributed by atoms with van der Waals surface area (Å²) in [6, 6.07) is 3.68. The van der Waals surface area contributed by atoms with Crippen LogP contribution in [0.15, 0.2) is 48.7 Å². The summed E-state index contributed by atoms with van der Waals surface area (Å²) < 4.78 is 13.2. The largest absolute Gasteiger partial charge is 0.337 e. The lowest BCUT2D eigenvalue weighted by Gasteiger charge is -2.33. The first-order chi connectivity index (χ1) is 7.27. The normalized spacial score (nSPS) is 24.5. The lowest BCUT2D eigenvalue weighted by molar-refractivity contribution is 0.342. The Bertz CT molecular complexity index is 400. The molecule has 1 aromatic rings. The van der Waals surface area contributed by atoms with Crippen molar-refractivity contribution in [2.45, 2.75) is 5.66 Å². The summed E-state index contributed by atoms with van der Waals surface area (Å²) in [6.45, 7) is 0. The summed E-state index contributed by atoms with van der Waals surface area (Å²) in [5, 5.41) is 5.82. The van der Waals surface area contributed by atoms with Crippen LogP contribution in [-0.4, -0.2) is 12.0 Å². The zero-order chi connectivity index (χ0) is 10.7. The Labute approximate surface area is 87.7 Å². The molecule has 78 valence electrons. The van der Waals surface area contributed by atoms with E-state index in [2.05, 4.69) is 15.6 Å². The van der Waals surface area contributed by atoms with Gasteiger partial charge in [-0.2, -0.15) is 4.39 Å². The predicted octanol–water partition coefficient (Wildman–Crippen LogP) is 1.42. The lowest BCUT2D eigenvalue weighted by Crippen LogP contribution is -2.50. The van der Waals surface area contributed by atoms with Gasteiger partial charge in [0.1, 0.15) is 5.66 Å². The van der Waals surface area contributed by atoms with Gasteiger partial charge in [-0.05, 0) is 36.9 Å². The fraction of sp³-hybridized carbons (Fsp3) is 0.182. The smallest absolute Gasteiger partial charge is 0.188 e. The molecule has 0 amide bonds. The first kappa shape index (κ1) is 9.86. The number of rotatable bonds is 2. The topological polar surface area (TPSA) is 37.0 Å². The van der Waals surface area contributed by atoms with Gasteiger partial charge in [-0.15, -0.1) is 0 Å². The number of allylic oxidation sites excluding steroid dienone is 2. The molecule has 2 N–H and O–H groups in total. The van der Waals surface area contributed by atoms with Crippen molar-refractivity contribution in [3.05, 3.63) is 54.3 Å². The first-order valence-corrected chi connectivity index (χ1v) is 4.69. The second-order valence-electron chi connectivity index (χ2n) is 3.29. The van der Waals surface area contributed by atoms with Crippen LogP contribution < -0.4 is 10.6 Å². The minimum atomic E-state index is -0.679. The van der Waals surface area contributed by atoms with E-state index in [1.807, 2.05) is 18.2 Å². The van der Waals surface area contributed by atoms with Crippen LogP contribution in [0, 0.1) is 0 Å². The Morgan fingerprint density at radius 2 is 2.13 bits per heavy atom. The highest BCUT2D eigenvalue weighted by atomic mass is 19.1. The third kappa shape index (κ3) is 1.76. The Kier molecular flexibility index (Phi) is 2.51. The molecule has 1 atom stereocenters. The van der Waals surface area contributed by atoms with Gasteiger partial charge in [0, 0.05) is 12.4 Å². The SMILES string of the molecule is CNC1(c2ccncc2)C=CC=C(F)N1. The van der Waals surface area contributed by atoms with Crippen LogP contribution in [0.25, 0.3) is 0 Å². The number of nitrogens with zero attached hydrogens (tertiary/aromatic N) is 1. The number of pyridine rings is 1. The summed E-state index contributed by atoms with van der Waals surface area (Å²) in [7, 11) is 1.77. The molecule has 1 aliphatic heterocycles. The Hall–Kier alpha value is -1.68. The van der Waals surface area contributed by atoms with E-state index in [0.29, 0.717) is 0 Å². The highest BCUT2D eigenvalue weighted by molar-refractivity contribution is 5.32. The molecule has 0 aliphatic carbocycles. The van der Waals surface area contributed by atoms with E-state index in [-0.39, 0.29) is 5.95 Å². The van der Waals surface area contributed by atoms with E-state index in [0.717, 1.165) is 5.56 Å². The molecule has 15 heavy (non-hydrogen) atoms. The number of nitrogens with one attached hydrogen (secondary N) is 2. The lowest BCUT2D eigenvalue weighted by atomic mass is 9.98. The van der Waals surface area contributed by atoms with Crippen molar-refractivity contribution in [1.82, 2.24) is 15.6 Å². The summed E-state index contributed by atoms with van der Waals surface area (Å²) in [5.41, 5.74) is 0.237. The molecule has 1 aromatic heterocycles. The summed E-state index contributed by atoms with van der Waals surface area (Å²) in [4.78, 5) is 3.94. The van der Waals surface area contributed by atoms with Gasteiger partial charge in [-0.1, -0.05) is 6.08 Å². The maximum atomic E-state index is 13.2. The van der Waals surface area contributed by atoms with Crippen LogP contribution in [0.5, 0.6) is 0 Å². The Morgan fingerprint density at radius 1 is 1.40 bits per heavy atom. The number of hydrogen-bond donors (Lipinski definition) is 2. The standard InChI is InChI=1S/C11H12FN3/c1-13-11(6-2-3-10(12)15-11)9-4-7-14-8-5-9/h2-8,13,15H,1H3. The minimum Gasteiger partial charge on any atom is -0.337 e. The monoisotopic (exact) mass is 205 g/mol. The molecule has 0 bridgehead atoms. The predicted molar refractivity (Wildman–Crippen MR) is 56.4 cm³/mol. The molecule has 1 unspecified atom stereocenters. The fourth-order valence-electron chi connectivity index (χ4n) is 1.62. The van der Waals surface area contributed by atoms with Gasteiger partial charge < -0.3 is 5.32 Å². The van der Waals surface area contributed by atoms with Crippen molar-refractivity contribution in [3.63, 3.8) is 0 Å². The second kappa shape index (κ2) is 3.82. The van der Waals surface area contributed by atoms with E-state index >= 15 is 0 Å². The number of aromatic nitrogens is 1. The molecule has 1 aliphatic rings. The number of halogens is 1. The van der Waals surface area contributed by atoms with Gasteiger partial charge in [0.2, 0.25) is 0 Å². The van der Waals surface area contributed by atoms with Crippen LogP contribution in [0.1, 0.15) is 5.56 Å². The van der Waals surface area contributed by atoms with Gasteiger partial charge in [0.25, 0.3) is 0 Å². The average Bonchev–Trinajstić information content (AvgIpc) is 2.30. The summed E-state index contributed by atoms with van der Waals surface area (Å²) >= 11 is 0. The highest BCUT2D eigenvalue weighted by Crippen LogP contribution is 2.23. The summed E-state index contributed by atoms with van der Waals surface area (Å²) in [6.07, 6.45) is 8.30. The fourth-order valence-corrected chi connectivity index (χ4v) is 1.62. The van der Waals surface area contributed by atoms with Crippen molar-refractivity contribution in [2.24, 2.45) is 0 Å². The molecule has 2 heterocycles. The van der Waals surface area contributed by atoms with Crippen molar-refractivity contribution in [1.29, 1.82) is 0 Å². The van der Waals surface area contributed by atoms with Crippen molar-refractivity contribution in [3.8, 4) is 0 Å². The number of dihydropyridines is 1. The van der Waals surface area contributed by atoms with E-state index < -0.39 is 5.66 Å². The first-order valence-electron chi connectivity index (χ1n) is 4.69. The third-order valence-electron chi connectivity index (χ3n) is 2.44. The summed E-state index contributed by atoms with van der Waals surface area (Å²) in [5.74, 6) is -0.358. The molecule has 0 saturated carbocycles. The number of likely N-dealkylation sites (N-methyl/N-ethyl adjacent to an activating group) is 1.